The largest absolute Gasteiger partial charge is 0.0837 e. The maximum atomic E-state index is 6.29. The predicted molar refractivity (Wildman–Crippen MR) is 71.9 cm³/mol. The molecule has 2 aromatic carbocycles. The zero-order chi connectivity index (χ0) is 11.1. The molecule has 0 heterocycles. The van der Waals surface area contributed by atoms with E-state index in [0.29, 0.717) is 0 Å². The molecule has 78 valence electrons. The molecule has 2 aromatic rings. The zero-order valence-electron chi connectivity index (χ0n) is 9.34. The lowest BCUT2D eigenvalue weighted by molar-refractivity contribution is 1.71. The topological polar surface area (TPSA) is 0 Å². The summed E-state index contributed by atoms with van der Waals surface area (Å²) in [4.78, 5) is 0. The third-order valence-electron chi connectivity index (χ3n) is 2.66. The van der Waals surface area contributed by atoms with Gasteiger partial charge in [-0.2, -0.15) is 0 Å². The molecule has 2 heteroatoms. The predicted octanol–water partition coefficient (Wildman–Crippen LogP) is 4.04. The van der Waals surface area contributed by atoms with Crippen molar-refractivity contribution in [1.29, 1.82) is 0 Å². The lowest BCUT2D eigenvalue weighted by Crippen LogP contribution is -2.38. The molecular weight excluding hydrogens is 220 g/mol. The molecular formula is C13H15ClSi. The molecule has 0 radical (unpaired) electrons. The fourth-order valence-electron chi connectivity index (χ4n) is 1.92. The van der Waals surface area contributed by atoms with Crippen molar-refractivity contribution in [3.63, 3.8) is 0 Å². The van der Waals surface area contributed by atoms with Crippen LogP contribution >= 0.6 is 11.6 Å². The fourth-order valence-corrected chi connectivity index (χ4v) is 3.91. The minimum absolute atomic E-state index is 0.880. The van der Waals surface area contributed by atoms with Gasteiger partial charge in [-0.3, -0.25) is 0 Å². The van der Waals surface area contributed by atoms with Crippen LogP contribution < -0.4 is 5.19 Å². The van der Waals surface area contributed by atoms with E-state index in [1.165, 1.54) is 16.0 Å². The van der Waals surface area contributed by atoms with E-state index in [1.807, 2.05) is 12.1 Å². The van der Waals surface area contributed by atoms with Crippen LogP contribution in [0.25, 0.3) is 10.8 Å². The molecule has 15 heavy (non-hydrogen) atoms. The first-order valence-electron chi connectivity index (χ1n) is 5.18. The molecule has 0 bridgehead atoms. The molecule has 0 amide bonds. The van der Waals surface area contributed by atoms with Crippen LogP contribution in [0.3, 0.4) is 0 Å². The summed E-state index contributed by atoms with van der Waals surface area (Å²) in [5.74, 6) is 0. The van der Waals surface area contributed by atoms with E-state index >= 15 is 0 Å². The average Bonchev–Trinajstić information content (AvgIpc) is 2.16. The van der Waals surface area contributed by atoms with Crippen LogP contribution in [0.2, 0.25) is 24.7 Å². The SMILES string of the molecule is C[Si](C)(C)c1cccc2cccc(Cl)c12. The number of rotatable bonds is 1. The Labute approximate surface area is 96.9 Å². The van der Waals surface area contributed by atoms with Crippen molar-refractivity contribution in [3.05, 3.63) is 41.4 Å². The molecule has 0 saturated heterocycles. The van der Waals surface area contributed by atoms with Gasteiger partial charge < -0.3 is 0 Å². The molecule has 0 aliphatic carbocycles. The smallest absolute Gasteiger partial charge is 0.0784 e. The minimum Gasteiger partial charge on any atom is -0.0837 e. The maximum Gasteiger partial charge on any atom is 0.0784 e. The van der Waals surface area contributed by atoms with Gasteiger partial charge in [-0.15, -0.1) is 0 Å². The van der Waals surface area contributed by atoms with E-state index in [-0.39, 0.29) is 0 Å². The number of fused-ring (bicyclic) bond motifs is 1. The van der Waals surface area contributed by atoms with Crippen LogP contribution in [-0.4, -0.2) is 8.07 Å². The summed E-state index contributed by atoms with van der Waals surface area (Å²) in [7, 11) is -1.31. The van der Waals surface area contributed by atoms with E-state index in [9.17, 15) is 0 Å². The Morgan fingerprint density at radius 3 is 2.13 bits per heavy atom. The zero-order valence-corrected chi connectivity index (χ0v) is 11.1. The third-order valence-corrected chi connectivity index (χ3v) is 5.01. The van der Waals surface area contributed by atoms with Gasteiger partial charge in [-0.1, -0.05) is 66.8 Å². The number of halogens is 1. The van der Waals surface area contributed by atoms with Crippen LogP contribution in [-0.2, 0) is 0 Å². The fraction of sp³-hybridized carbons (Fsp3) is 0.231. The normalized spacial score (nSPS) is 12.0. The van der Waals surface area contributed by atoms with Crippen LogP contribution in [0.4, 0.5) is 0 Å². The van der Waals surface area contributed by atoms with E-state index in [0.717, 1.165) is 5.02 Å². The third kappa shape index (κ3) is 1.94. The van der Waals surface area contributed by atoms with Gasteiger partial charge in [-0.05, 0) is 16.8 Å². The Bertz CT molecular complexity index is 492. The van der Waals surface area contributed by atoms with Gasteiger partial charge in [0, 0.05) is 5.02 Å². The maximum absolute atomic E-state index is 6.29. The van der Waals surface area contributed by atoms with E-state index in [2.05, 4.69) is 43.9 Å². The van der Waals surface area contributed by atoms with Crippen molar-refractivity contribution in [2.24, 2.45) is 0 Å². The molecule has 2 rings (SSSR count). The van der Waals surface area contributed by atoms with Crippen molar-refractivity contribution in [1.82, 2.24) is 0 Å². The Morgan fingerprint density at radius 1 is 0.933 bits per heavy atom. The lowest BCUT2D eigenvalue weighted by atomic mass is 10.1. The summed E-state index contributed by atoms with van der Waals surface area (Å²) >= 11 is 6.29. The van der Waals surface area contributed by atoms with E-state index in [1.54, 1.807) is 0 Å². The Kier molecular flexibility index (Phi) is 2.61. The minimum atomic E-state index is -1.31. The summed E-state index contributed by atoms with van der Waals surface area (Å²) in [6.07, 6.45) is 0. The van der Waals surface area contributed by atoms with Gasteiger partial charge in [0.15, 0.2) is 0 Å². The van der Waals surface area contributed by atoms with Crippen molar-refractivity contribution in [3.8, 4) is 0 Å². The first-order chi connectivity index (χ1) is 7.00. The summed E-state index contributed by atoms with van der Waals surface area (Å²) in [5.41, 5.74) is 0. The van der Waals surface area contributed by atoms with Gasteiger partial charge in [0.25, 0.3) is 0 Å². The Hall–Kier alpha value is -0.793. The monoisotopic (exact) mass is 234 g/mol. The highest BCUT2D eigenvalue weighted by molar-refractivity contribution is 6.90. The highest BCUT2D eigenvalue weighted by Gasteiger charge is 2.19. The van der Waals surface area contributed by atoms with E-state index in [4.69, 9.17) is 11.6 Å². The molecule has 0 N–H and O–H groups in total. The summed E-state index contributed by atoms with van der Waals surface area (Å²) in [6.45, 7) is 7.06. The standard InChI is InChI=1S/C13H15ClSi/c1-15(2,3)12-9-5-7-10-6-4-8-11(14)13(10)12/h4-9H,1-3H3. The van der Waals surface area contributed by atoms with Gasteiger partial charge >= 0.3 is 0 Å². The number of benzene rings is 2. The molecule has 0 nitrogen and oxygen atoms in total. The van der Waals surface area contributed by atoms with Crippen molar-refractivity contribution >= 4 is 35.6 Å². The van der Waals surface area contributed by atoms with Crippen LogP contribution in [0, 0.1) is 0 Å². The molecule has 0 spiro atoms. The quantitative estimate of drug-likeness (QED) is 0.654. The summed E-state index contributed by atoms with van der Waals surface area (Å²) < 4.78 is 0. The second-order valence-electron chi connectivity index (χ2n) is 4.89. The van der Waals surface area contributed by atoms with Crippen molar-refractivity contribution < 1.29 is 0 Å². The molecule has 0 aliphatic rings. The molecule has 0 fully saturated rings. The molecule has 0 saturated carbocycles. The highest BCUT2D eigenvalue weighted by Crippen LogP contribution is 2.23. The van der Waals surface area contributed by atoms with Crippen LogP contribution in [0.15, 0.2) is 36.4 Å². The van der Waals surface area contributed by atoms with Gasteiger partial charge in [0.05, 0.1) is 8.07 Å². The first kappa shape index (κ1) is 10.7. The molecule has 0 unspecified atom stereocenters. The van der Waals surface area contributed by atoms with Gasteiger partial charge in [0.2, 0.25) is 0 Å². The van der Waals surface area contributed by atoms with Crippen LogP contribution in [0.5, 0.6) is 0 Å². The Morgan fingerprint density at radius 2 is 1.53 bits per heavy atom. The van der Waals surface area contributed by atoms with E-state index < -0.39 is 8.07 Å². The summed E-state index contributed by atoms with van der Waals surface area (Å²) in [5, 5.41) is 4.83. The molecule has 0 aromatic heterocycles. The lowest BCUT2D eigenvalue weighted by Gasteiger charge is -2.19. The van der Waals surface area contributed by atoms with Crippen molar-refractivity contribution in [2.45, 2.75) is 19.6 Å². The molecule has 0 atom stereocenters. The van der Waals surface area contributed by atoms with Gasteiger partial charge in [-0.25, -0.2) is 0 Å². The Balaban J connectivity index is 2.86. The summed E-state index contributed by atoms with van der Waals surface area (Å²) in [6, 6.07) is 12.6. The average molecular weight is 235 g/mol. The first-order valence-corrected chi connectivity index (χ1v) is 9.05. The second-order valence-corrected chi connectivity index (χ2v) is 10.3. The second kappa shape index (κ2) is 3.65. The van der Waals surface area contributed by atoms with Crippen LogP contribution in [0.1, 0.15) is 0 Å². The number of hydrogen-bond acceptors (Lipinski definition) is 0. The van der Waals surface area contributed by atoms with Gasteiger partial charge in [0.1, 0.15) is 0 Å². The molecule has 0 aliphatic heterocycles. The highest BCUT2D eigenvalue weighted by atomic mass is 35.5. The van der Waals surface area contributed by atoms with Crippen molar-refractivity contribution in [2.75, 3.05) is 0 Å². The number of hydrogen-bond donors (Lipinski definition) is 0.